The molecule has 0 saturated carbocycles. The summed E-state index contributed by atoms with van der Waals surface area (Å²) in [6, 6.07) is 5.77. The number of methoxy groups -OCH3 is 1. The molecule has 1 aromatic rings. The fraction of sp³-hybridized carbons (Fsp3) is 0.571. The van der Waals surface area contributed by atoms with Crippen LogP contribution in [0.3, 0.4) is 0 Å². The summed E-state index contributed by atoms with van der Waals surface area (Å²) in [7, 11) is -7.15. The zero-order valence-electron chi connectivity index (χ0n) is 14.3. The van der Waals surface area contributed by atoms with E-state index in [0.717, 1.165) is 0 Å². The van der Waals surface area contributed by atoms with Gasteiger partial charge in [-0.15, -0.1) is 0 Å². The smallest absolute Gasteiger partial charge is 0.469 e. The largest absolute Gasteiger partial charge is 0.497 e. The Hall–Kier alpha value is -1.04. The average Bonchev–Trinajstić information content (AvgIpc) is 2.59. The summed E-state index contributed by atoms with van der Waals surface area (Å²) in [4.78, 5) is 20.1. The van der Waals surface area contributed by atoms with Crippen molar-refractivity contribution in [1.29, 1.82) is 0 Å². The fourth-order valence-corrected chi connectivity index (χ4v) is 4.04. The summed E-state index contributed by atoms with van der Waals surface area (Å²) >= 11 is 0. The number of nitrogens with one attached hydrogen (secondary N) is 1. The first-order valence-electron chi connectivity index (χ1n) is 7.87. The molecule has 1 heterocycles. The molecule has 148 valence electrons. The maximum atomic E-state index is 12.4. The minimum absolute atomic E-state index is 0.0135. The Balaban J connectivity index is 2.02. The van der Waals surface area contributed by atoms with Gasteiger partial charge in [0.15, 0.2) is 0 Å². The van der Waals surface area contributed by atoms with Crippen LogP contribution in [0.4, 0.5) is 0 Å². The van der Waals surface area contributed by atoms with Gasteiger partial charge < -0.3 is 19.3 Å². The van der Waals surface area contributed by atoms with Gasteiger partial charge in [0.2, 0.25) is 10.0 Å². The van der Waals surface area contributed by atoms with E-state index >= 15 is 0 Å². The molecular weight excluding hydrogens is 387 g/mol. The van der Waals surface area contributed by atoms with Crippen molar-refractivity contribution < 1.29 is 36.8 Å². The van der Waals surface area contributed by atoms with E-state index in [-0.39, 0.29) is 18.0 Å². The van der Waals surface area contributed by atoms with Crippen LogP contribution in [-0.2, 0) is 23.8 Å². The molecule has 1 aromatic carbocycles. The zero-order chi connectivity index (χ0) is 19.2. The number of phosphoric acid groups is 1. The van der Waals surface area contributed by atoms with E-state index in [1.165, 1.54) is 31.4 Å². The van der Waals surface area contributed by atoms with E-state index < -0.39 is 23.9 Å². The molecule has 12 heteroatoms. The van der Waals surface area contributed by atoms with Crippen LogP contribution >= 0.6 is 7.82 Å². The van der Waals surface area contributed by atoms with Crippen molar-refractivity contribution in [2.45, 2.75) is 11.0 Å². The number of phosphoric ester groups is 1. The number of morpholine rings is 1. The van der Waals surface area contributed by atoms with Crippen molar-refractivity contribution >= 4 is 17.8 Å². The summed E-state index contributed by atoms with van der Waals surface area (Å²) < 4.78 is 53.2. The van der Waals surface area contributed by atoms with Crippen molar-refractivity contribution in [2.24, 2.45) is 0 Å². The lowest BCUT2D eigenvalue weighted by Crippen LogP contribution is -2.45. The third-order valence-corrected chi connectivity index (χ3v) is 5.73. The summed E-state index contributed by atoms with van der Waals surface area (Å²) in [6.07, 6.45) is -1.01. The van der Waals surface area contributed by atoms with Gasteiger partial charge in [-0.2, -0.15) is 0 Å². The molecule has 1 saturated heterocycles. The van der Waals surface area contributed by atoms with Gasteiger partial charge in [0.1, 0.15) is 5.75 Å². The quantitative estimate of drug-likeness (QED) is 0.472. The van der Waals surface area contributed by atoms with E-state index in [1.54, 1.807) is 0 Å². The molecular formula is C14H23N2O8PS. The van der Waals surface area contributed by atoms with Crippen LogP contribution in [0.2, 0.25) is 0 Å². The van der Waals surface area contributed by atoms with E-state index in [9.17, 15) is 13.0 Å². The van der Waals surface area contributed by atoms with Crippen LogP contribution < -0.4 is 9.46 Å². The highest BCUT2D eigenvalue weighted by Gasteiger charge is 2.27. The number of hydrogen-bond donors (Lipinski definition) is 3. The Morgan fingerprint density at radius 2 is 1.88 bits per heavy atom. The highest BCUT2D eigenvalue weighted by molar-refractivity contribution is 7.89. The van der Waals surface area contributed by atoms with Crippen molar-refractivity contribution in [3.8, 4) is 5.75 Å². The Kier molecular flexibility index (Phi) is 7.56. The van der Waals surface area contributed by atoms with Crippen LogP contribution in [0.15, 0.2) is 29.2 Å². The van der Waals surface area contributed by atoms with E-state index in [0.29, 0.717) is 32.1 Å². The molecule has 0 spiro atoms. The van der Waals surface area contributed by atoms with Gasteiger partial charge in [0.05, 0.1) is 31.3 Å². The lowest BCUT2D eigenvalue weighted by molar-refractivity contribution is 0.0152. The van der Waals surface area contributed by atoms with E-state index in [4.69, 9.17) is 23.8 Å². The molecule has 0 aliphatic carbocycles. The second-order valence-corrected chi connectivity index (χ2v) is 8.62. The van der Waals surface area contributed by atoms with Crippen molar-refractivity contribution in [3.05, 3.63) is 24.3 Å². The minimum atomic E-state index is -4.76. The van der Waals surface area contributed by atoms with Crippen LogP contribution in [0.1, 0.15) is 0 Å². The molecule has 1 atom stereocenters. The second-order valence-electron chi connectivity index (χ2n) is 5.66. The fourth-order valence-electron chi connectivity index (χ4n) is 2.44. The molecule has 1 fully saturated rings. The van der Waals surface area contributed by atoms with Gasteiger partial charge in [-0.1, -0.05) is 0 Å². The van der Waals surface area contributed by atoms with Gasteiger partial charge in [0, 0.05) is 26.2 Å². The van der Waals surface area contributed by atoms with Crippen LogP contribution in [-0.4, -0.2) is 75.7 Å². The number of rotatable bonds is 9. The monoisotopic (exact) mass is 410 g/mol. The van der Waals surface area contributed by atoms with Gasteiger partial charge in [-0.3, -0.25) is 9.42 Å². The van der Waals surface area contributed by atoms with Crippen LogP contribution in [0.5, 0.6) is 5.75 Å². The first-order valence-corrected chi connectivity index (χ1v) is 10.9. The highest BCUT2D eigenvalue weighted by atomic mass is 32.2. The van der Waals surface area contributed by atoms with Gasteiger partial charge in [-0.25, -0.2) is 17.7 Å². The number of sulfonamides is 1. The zero-order valence-corrected chi connectivity index (χ0v) is 16.0. The average molecular weight is 410 g/mol. The summed E-state index contributed by atoms with van der Waals surface area (Å²) in [6.45, 7) is 2.04. The maximum absolute atomic E-state index is 12.4. The second kappa shape index (κ2) is 9.25. The predicted octanol–water partition coefficient (Wildman–Crippen LogP) is -0.216. The first kappa shape index (κ1) is 21.3. The SMILES string of the molecule is COc1ccc(S(=O)(=O)NCC(CN2CCOCC2)OP(=O)(O)O)cc1. The highest BCUT2D eigenvalue weighted by Crippen LogP contribution is 2.37. The molecule has 2 rings (SSSR count). The number of ether oxygens (including phenoxy) is 2. The normalized spacial score (nSPS) is 17.8. The number of benzene rings is 1. The molecule has 1 aliphatic heterocycles. The van der Waals surface area contributed by atoms with Crippen molar-refractivity contribution in [2.75, 3.05) is 46.5 Å². The lowest BCUT2D eigenvalue weighted by Gasteiger charge is -2.30. The van der Waals surface area contributed by atoms with E-state index in [2.05, 4.69) is 4.72 Å². The molecule has 1 unspecified atom stereocenters. The number of hydrogen-bond acceptors (Lipinski definition) is 7. The molecule has 26 heavy (non-hydrogen) atoms. The van der Waals surface area contributed by atoms with E-state index in [1.807, 2.05) is 4.90 Å². The Morgan fingerprint density at radius 1 is 1.27 bits per heavy atom. The van der Waals surface area contributed by atoms with Crippen molar-refractivity contribution in [1.82, 2.24) is 9.62 Å². The van der Waals surface area contributed by atoms with Gasteiger partial charge in [-0.05, 0) is 24.3 Å². The molecule has 3 N–H and O–H groups in total. The maximum Gasteiger partial charge on any atom is 0.469 e. The van der Waals surface area contributed by atoms with Gasteiger partial charge in [0.25, 0.3) is 0 Å². The predicted molar refractivity (Wildman–Crippen MR) is 92.4 cm³/mol. The standard InChI is InChI=1S/C14H23N2O8PS/c1-22-12-2-4-14(5-3-12)26(20,21)15-10-13(24-25(17,18)19)11-16-6-8-23-9-7-16/h2-5,13,15H,6-11H2,1H3,(H2,17,18,19). The molecule has 0 radical (unpaired) electrons. The molecule has 1 aliphatic rings. The summed E-state index contributed by atoms with van der Waals surface area (Å²) in [5.41, 5.74) is 0. The summed E-state index contributed by atoms with van der Waals surface area (Å²) in [5.74, 6) is 0.513. The Morgan fingerprint density at radius 3 is 2.42 bits per heavy atom. The van der Waals surface area contributed by atoms with Crippen LogP contribution in [0.25, 0.3) is 0 Å². The van der Waals surface area contributed by atoms with Crippen molar-refractivity contribution in [3.63, 3.8) is 0 Å². The molecule has 0 aromatic heterocycles. The minimum Gasteiger partial charge on any atom is -0.497 e. The number of nitrogens with zero attached hydrogens (tertiary/aromatic N) is 1. The third-order valence-electron chi connectivity index (χ3n) is 3.72. The van der Waals surface area contributed by atoms with Gasteiger partial charge >= 0.3 is 7.82 Å². The topological polar surface area (TPSA) is 135 Å². The first-order chi connectivity index (χ1) is 12.2. The Labute approximate surface area is 152 Å². The third kappa shape index (κ3) is 6.93. The summed E-state index contributed by atoms with van der Waals surface area (Å²) in [5, 5.41) is 0. The molecule has 0 bridgehead atoms. The lowest BCUT2D eigenvalue weighted by atomic mass is 10.3. The molecule has 0 amide bonds. The Bertz CT molecular complexity index is 715. The van der Waals surface area contributed by atoms with Crippen LogP contribution in [0, 0.1) is 0 Å². The molecule has 10 nitrogen and oxygen atoms in total.